The van der Waals surface area contributed by atoms with Crippen LogP contribution >= 0.6 is 11.6 Å². The van der Waals surface area contributed by atoms with Gasteiger partial charge >= 0.3 is 0 Å². The van der Waals surface area contributed by atoms with Crippen LogP contribution < -0.4 is 10.6 Å². The molecule has 2 aliphatic rings. The molecule has 0 unspecified atom stereocenters. The minimum atomic E-state index is 0.443. The van der Waals surface area contributed by atoms with Crippen molar-refractivity contribution in [2.45, 2.75) is 64.3 Å². The Balaban J connectivity index is 2.24. The summed E-state index contributed by atoms with van der Waals surface area (Å²) in [6.45, 7) is 5.96. The third kappa shape index (κ3) is 6.03. The quantitative estimate of drug-likeness (QED) is 0.511. The Hall–Kier alpha value is -1.55. The van der Waals surface area contributed by atoms with Gasteiger partial charge in [-0.15, -0.1) is 0 Å². The van der Waals surface area contributed by atoms with E-state index in [4.69, 9.17) is 17.0 Å². The van der Waals surface area contributed by atoms with E-state index in [0.717, 1.165) is 30.5 Å². The number of nitrogens with one attached hydrogen (secondary N) is 3. The number of halogens is 1. The first-order chi connectivity index (χ1) is 12.1. The van der Waals surface area contributed by atoms with Crippen molar-refractivity contribution >= 4 is 23.5 Å². The molecule has 0 aliphatic heterocycles. The summed E-state index contributed by atoms with van der Waals surface area (Å²) in [4.78, 5) is 4.67. The number of rotatable bonds is 9. The number of nitrogens with zero attached hydrogens (tertiary/aromatic N) is 1. The van der Waals surface area contributed by atoms with Gasteiger partial charge in [0.1, 0.15) is 5.82 Å². The van der Waals surface area contributed by atoms with E-state index >= 15 is 0 Å². The van der Waals surface area contributed by atoms with Gasteiger partial charge in [0.05, 0.1) is 10.7 Å². The summed E-state index contributed by atoms with van der Waals surface area (Å²) < 4.78 is 0. The first-order valence-corrected chi connectivity index (χ1v) is 9.74. The van der Waals surface area contributed by atoms with Gasteiger partial charge in [-0.3, -0.25) is 0 Å². The van der Waals surface area contributed by atoms with Gasteiger partial charge in [-0.05, 0) is 44.9 Å². The van der Waals surface area contributed by atoms with Gasteiger partial charge in [0.15, 0.2) is 0 Å². The lowest BCUT2D eigenvalue weighted by molar-refractivity contribution is 0.396. The number of allylic oxidation sites excluding steroid dienone is 4. The van der Waals surface area contributed by atoms with Crippen molar-refractivity contribution in [3.63, 3.8) is 0 Å². The van der Waals surface area contributed by atoms with Gasteiger partial charge < -0.3 is 16.0 Å². The number of hydrogen-bond acceptors (Lipinski definition) is 4. The molecule has 138 valence electrons. The molecule has 4 nitrogen and oxygen atoms in total. The Morgan fingerprint density at radius 1 is 1.24 bits per heavy atom. The molecule has 0 amide bonds. The van der Waals surface area contributed by atoms with Crippen molar-refractivity contribution in [3.8, 4) is 0 Å². The molecule has 2 fully saturated rings. The highest BCUT2D eigenvalue weighted by atomic mass is 35.5. The second kappa shape index (κ2) is 9.81. The van der Waals surface area contributed by atoms with Crippen LogP contribution in [-0.2, 0) is 0 Å². The molecule has 5 heteroatoms. The standard InChI is InChI=1S/C20H31ClN4/c1-4-18(21)20(17(13-22)19(23-3)12-15-10-11-15)25-14(2)24-16-8-6-5-7-9-16/h4,13,15-16,22-24H,2,5-12H2,1,3H3/b18-4+,19-17+,22-13?,25-20-. The molecule has 0 bridgehead atoms. The average Bonchev–Trinajstić information content (AvgIpc) is 3.44. The SMILES string of the molecule is C=C(/N=C(C(\Cl)=C/C)/C(C=N)=C(\CC1CC1)NC)NC1CCCCC1. The van der Waals surface area contributed by atoms with E-state index in [-0.39, 0.29) is 0 Å². The summed E-state index contributed by atoms with van der Waals surface area (Å²) >= 11 is 6.44. The Morgan fingerprint density at radius 2 is 1.92 bits per heavy atom. The zero-order valence-electron chi connectivity index (χ0n) is 15.5. The molecule has 2 aliphatic carbocycles. The molecular formula is C20H31ClN4. The van der Waals surface area contributed by atoms with Gasteiger partial charge in [-0.1, -0.05) is 43.5 Å². The van der Waals surface area contributed by atoms with Crippen LogP contribution in [0.2, 0.25) is 0 Å². The molecule has 0 spiro atoms. The van der Waals surface area contributed by atoms with Gasteiger partial charge in [-0.2, -0.15) is 0 Å². The lowest BCUT2D eigenvalue weighted by Crippen LogP contribution is -2.30. The lowest BCUT2D eigenvalue weighted by atomic mass is 9.95. The third-order valence-electron chi connectivity index (χ3n) is 4.92. The van der Waals surface area contributed by atoms with Crippen molar-refractivity contribution in [1.29, 1.82) is 5.41 Å². The van der Waals surface area contributed by atoms with Crippen molar-refractivity contribution in [1.82, 2.24) is 10.6 Å². The molecule has 0 saturated heterocycles. The van der Waals surface area contributed by atoms with E-state index in [0.29, 0.717) is 28.5 Å². The Labute approximate surface area is 157 Å². The summed E-state index contributed by atoms with van der Waals surface area (Å²) in [7, 11) is 1.90. The second-order valence-corrected chi connectivity index (χ2v) is 7.36. The first-order valence-electron chi connectivity index (χ1n) is 9.37. The molecule has 25 heavy (non-hydrogen) atoms. The van der Waals surface area contributed by atoms with E-state index in [1.165, 1.54) is 38.3 Å². The normalized spacial score (nSPS) is 20.8. The summed E-state index contributed by atoms with van der Waals surface area (Å²) in [5, 5.41) is 15.1. The average molecular weight is 363 g/mol. The monoisotopic (exact) mass is 362 g/mol. The molecule has 0 aromatic rings. The minimum Gasteiger partial charge on any atom is -0.391 e. The van der Waals surface area contributed by atoms with Crippen molar-refractivity contribution < 1.29 is 0 Å². The lowest BCUT2D eigenvalue weighted by Gasteiger charge is -2.24. The van der Waals surface area contributed by atoms with Gasteiger partial charge in [-0.25, -0.2) is 4.99 Å². The predicted molar refractivity (Wildman–Crippen MR) is 108 cm³/mol. The highest BCUT2D eigenvalue weighted by Crippen LogP contribution is 2.35. The molecular weight excluding hydrogens is 332 g/mol. The maximum atomic E-state index is 7.91. The molecule has 0 aromatic heterocycles. The summed E-state index contributed by atoms with van der Waals surface area (Å²) in [5.74, 6) is 1.34. The maximum absolute atomic E-state index is 7.91. The number of aliphatic imine (C=N–C) groups is 1. The highest BCUT2D eigenvalue weighted by Gasteiger charge is 2.25. The zero-order valence-corrected chi connectivity index (χ0v) is 16.3. The summed E-state index contributed by atoms with van der Waals surface area (Å²) in [6.07, 6.45) is 12.8. The predicted octanol–water partition coefficient (Wildman–Crippen LogP) is 4.89. The van der Waals surface area contributed by atoms with Crippen LogP contribution in [0.4, 0.5) is 0 Å². The van der Waals surface area contributed by atoms with Gasteiger partial charge in [0, 0.05) is 30.6 Å². The minimum absolute atomic E-state index is 0.443. The van der Waals surface area contributed by atoms with Crippen LogP contribution in [0.1, 0.15) is 58.3 Å². The Bertz CT molecular complexity index is 579. The molecule has 2 saturated carbocycles. The van der Waals surface area contributed by atoms with Crippen LogP contribution in [-0.4, -0.2) is 25.0 Å². The van der Waals surface area contributed by atoms with Crippen LogP contribution in [0, 0.1) is 11.3 Å². The van der Waals surface area contributed by atoms with Gasteiger partial charge in [0.25, 0.3) is 0 Å². The zero-order chi connectivity index (χ0) is 18.2. The third-order valence-corrected chi connectivity index (χ3v) is 5.32. The molecule has 0 radical (unpaired) electrons. The van der Waals surface area contributed by atoms with Crippen LogP contribution in [0.3, 0.4) is 0 Å². The smallest absolute Gasteiger partial charge is 0.119 e. The molecule has 0 atom stereocenters. The fourth-order valence-corrected chi connectivity index (χ4v) is 3.43. The Kier molecular flexibility index (Phi) is 7.76. The van der Waals surface area contributed by atoms with E-state index in [9.17, 15) is 0 Å². The summed E-state index contributed by atoms with van der Waals surface area (Å²) in [6, 6.07) is 0.443. The molecule has 0 aromatic carbocycles. The molecule has 0 heterocycles. The fraction of sp³-hybridized carbons (Fsp3) is 0.600. The van der Waals surface area contributed by atoms with Crippen molar-refractivity contribution in [2.75, 3.05) is 7.05 Å². The maximum Gasteiger partial charge on any atom is 0.119 e. The Morgan fingerprint density at radius 3 is 2.44 bits per heavy atom. The van der Waals surface area contributed by atoms with Crippen LogP contribution in [0.15, 0.2) is 39.8 Å². The topological polar surface area (TPSA) is 60.3 Å². The fourth-order valence-electron chi connectivity index (χ4n) is 3.28. The van der Waals surface area contributed by atoms with E-state index in [2.05, 4.69) is 22.2 Å². The largest absolute Gasteiger partial charge is 0.391 e. The molecule has 3 N–H and O–H groups in total. The molecule has 2 rings (SSSR count). The van der Waals surface area contributed by atoms with Crippen molar-refractivity contribution in [3.05, 3.63) is 34.8 Å². The second-order valence-electron chi connectivity index (χ2n) is 6.96. The van der Waals surface area contributed by atoms with Gasteiger partial charge in [0.2, 0.25) is 0 Å². The van der Waals surface area contributed by atoms with Crippen molar-refractivity contribution in [2.24, 2.45) is 10.9 Å². The highest BCUT2D eigenvalue weighted by molar-refractivity contribution is 6.48. The van der Waals surface area contributed by atoms with Crippen LogP contribution in [0.5, 0.6) is 0 Å². The van der Waals surface area contributed by atoms with Crippen LogP contribution in [0.25, 0.3) is 0 Å². The number of hydrogen-bond donors (Lipinski definition) is 3. The van der Waals surface area contributed by atoms with E-state index < -0.39 is 0 Å². The van der Waals surface area contributed by atoms with E-state index in [1.807, 2.05) is 20.0 Å². The summed E-state index contributed by atoms with van der Waals surface area (Å²) in [5.41, 5.74) is 2.41. The van der Waals surface area contributed by atoms with E-state index in [1.54, 1.807) is 0 Å². The first kappa shape index (κ1) is 19.8.